The van der Waals surface area contributed by atoms with Crippen LogP contribution in [0.4, 0.5) is 5.82 Å². The third-order valence-corrected chi connectivity index (χ3v) is 5.23. The van der Waals surface area contributed by atoms with E-state index in [1.54, 1.807) is 18.2 Å². The van der Waals surface area contributed by atoms with Gasteiger partial charge >= 0.3 is 0 Å². The van der Waals surface area contributed by atoms with Crippen LogP contribution in [0.5, 0.6) is 5.75 Å². The fraction of sp³-hybridized carbons (Fsp3) is 0.368. The molecule has 4 rings (SSSR count). The molecule has 0 atom stereocenters. The molecule has 1 saturated heterocycles. The van der Waals surface area contributed by atoms with E-state index in [0.717, 1.165) is 25.9 Å². The molecule has 12 heteroatoms. The maximum atomic E-state index is 12.8. The number of carbonyl (C=O) groups is 1. The molecule has 0 saturated carbocycles. The van der Waals surface area contributed by atoms with Gasteiger partial charge in [0.25, 0.3) is 5.91 Å². The van der Waals surface area contributed by atoms with Gasteiger partial charge in [-0.3, -0.25) is 9.69 Å². The predicted octanol–water partition coefficient (Wildman–Crippen LogP) is 0.934. The zero-order valence-electron chi connectivity index (χ0n) is 17.0. The van der Waals surface area contributed by atoms with Crippen molar-refractivity contribution >= 4 is 17.9 Å². The number of nitrogens with two attached hydrogens (primary N) is 1. The zero-order valence-corrected chi connectivity index (χ0v) is 17.0. The third kappa shape index (κ3) is 4.53. The lowest BCUT2D eigenvalue weighted by molar-refractivity contribution is 0.0946. The van der Waals surface area contributed by atoms with Crippen molar-refractivity contribution in [3.8, 4) is 11.6 Å². The average molecular weight is 425 g/mol. The van der Waals surface area contributed by atoms with Gasteiger partial charge in [0.2, 0.25) is 11.6 Å². The van der Waals surface area contributed by atoms with Gasteiger partial charge in [-0.2, -0.15) is 9.78 Å². The second-order valence-electron chi connectivity index (χ2n) is 7.49. The molecule has 1 amide bonds. The summed E-state index contributed by atoms with van der Waals surface area (Å²) in [4.78, 5) is 15.0. The first-order chi connectivity index (χ1) is 15.0. The van der Waals surface area contributed by atoms with Crippen LogP contribution >= 0.6 is 0 Å². The number of aromatic hydroxyl groups is 1. The minimum absolute atomic E-state index is 0.0444. The van der Waals surface area contributed by atoms with E-state index in [0.29, 0.717) is 23.7 Å². The first-order valence-corrected chi connectivity index (χ1v) is 9.89. The van der Waals surface area contributed by atoms with E-state index in [1.807, 2.05) is 0 Å². The number of rotatable bonds is 6. The molecule has 4 N–H and O–H groups in total. The van der Waals surface area contributed by atoms with Gasteiger partial charge < -0.3 is 10.8 Å². The minimum atomic E-state index is -0.548. The number of hydrazone groups is 1. The van der Waals surface area contributed by atoms with E-state index in [-0.39, 0.29) is 23.1 Å². The summed E-state index contributed by atoms with van der Waals surface area (Å²) in [6.07, 6.45) is 3.49. The molecule has 3 aromatic rings. The Balaban J connectivity index is 1.57. The molecule has 162 valence electrons. The quantitative estimate of drug-likeness (QED) is 0.385. The number of aromatic nitrogens is 5. The summed E-state index contributed by atoms with van der Waals surface area (Å²) in [5, 5.41) is 29.1. The molecule has 31 heavy (non-hydrogen) atoms. The fourth-order valence-electron chi connectivity index (χ4n) is 3.37. The van der Waals surface area contributed by atoms with E-state index >= 15 is 0 Å². The second kappa shape index (κ2) is 8.92. The summed E-state index contributed by atoms with van der Waals surface area (Å²) < 4.78 is 6.05. The van der Waals surface area contributed by atoms with E-state index in [9.17, 15) is 9.90 Å². The number of likely N-dealkylation sites (tertiary alicyclic amines) is 1. The molecule has 0 radical (unpaired) electrons. The minimum Gasteiger partial charge on any atom is -0.507 e. The van der Waals surface area contributed by atoms with E-state index in [1.165, 1.54) is 17.0 Å². The first-order valence-electron chi connectivity index (χ1n) is 9.89. The lowest BCUT2D eigenvalue weighted by Crippen LogP contribution is -2.34. The Morgan fingerprint density at radius 3 is 2.84 bits per heavy atom. The summed E-state index contributed by atoms with van der Waals surface area (Å²) in [5.74, 6) is 0.391. The van der Waals surface area contributed by atoms with E-state index < -0.39 is 5.91 Å². The fourth-order valence-corrected chi connectivity index (χ4v) is 3.37. The van der Waals surface area contributed by atoms with Gasteiger partial charge in [-0.25, -0.2) is 10.1 Å². The lowest BCUT2D eigenvalue weighted by atomic mass is 9.99. The van der Waals surface area contributed by atoms with Crippen LogP contribution in [0.2, 0.25) is 0 Å². The molecular formula is C19H23N9O3. The average Bonchev–Trinajstić information content (AvgIpc) is 3.36. The second-order valence-corrected chi connectivity index (χ2v) is 7.49. The first kappa shape index (κ1) is 20.5. The van der Waals surface area contributed by atoms with Gasteiger partial charge in [0.05, 0.1) is 11.9 Å². The molecule has 0 unspecified atom stereocenters. The number of phenolic OH excluding ortho intramolecular Hbond substituents is 1. The lowest BCUT2D eigenvalue weighted by Gasteiger charge is -2.30. The summed E-state index contributed by atoms with van der Waals surface area (Å²) >= 11 is 0. The van der Waals surface area contributed by atoms with Gasteiger partial charge in [0.1, 0.15) is 5.75 Å². The number of amides is 1. The molecular weight excluding hydrogens is 402 g/mol. The van der Waals surface area contributed by atoms with Crippen LogP contribution in [0.3, 0.4) is 0 Å². The highest BCUT2D eigenvalue weighted by Gasteiger charge is 2.26. The molecule has 0 aliphatic carbocycles. The SMILES string of the molecule is CC1CCN(Cc2c(C(=O)N/N=C\c3ccccc3O)nnn2-c2nonc2N)CC1. The molecule has 0 spiro atoms. The molecule has 1 aliphatic heterocycles. The summed E-state index contributed by atoms with van der Waals surface area (Å²) in [7, 11) is 0. The number of hydrogen-bond donors (Lipinski definition) is 3. The van der Waals surface area contributed by atoms with Crippen molar-refractivity contribution < 1.29 is 14.5 Å². The smallest absolute Gasteiger partial charge is 0.293 e. The number of carbonyl (C=O) groups excluding carboxylic acids is 1. The molecule has 3 heterocycles. The Morgan fingerprint density at radius 1 is 1.35 bits per heavy atom. The van der Waals surface area contributed by atoms with Crippen LogP contribution in [0.15, 0.2) is 34.0 Å². The standard InChI is InChI=1S/C19H23N9O3/c1-12-6-8-27(9-7-12)11-14-16(22-26-28(14)18-17(20)24-31-25-18)19(30)23-21-10-13-4-2-3-5-15(13)29/h2-5,10,12,29H,6-9,11H2,1H3,(H2,20,24)(H,23,30)/b21-10-. The zero-order chi connectivity index (χ0) is 21.8. The van der Waals surface area contributed by atoms with Gasteiger partial charge in [-0.05, 0) is 54.3 Å². The Hall–Kier alpha value is -3.80. The number of nitrogens with zero attached hydrogens (tertiary/aromatic N) is 7. The number of phenols is 1. The third-order valence-electron chi connectivity index (χ3n) is 5.23. The van der Waals surface area contributed by atoms with Crippen molar-refractivity contribution in [2.45, 2.75) is 26.3 Å². The van der Waals surface area contributed by atoms with Gasteiger partial charge in [0.15, 0.2) is 5.69 Å². The molecule has 1 fully saturated rings. The summed E-state index contributed by atoms with van der Waals surface area (Å²) in [5.41, 5.74) is 9.31. The number of anilines is 1. The van der Waals surface area contributed by atoms with Crippen molar-refractivity contribution in [2.75, 3.05) is 18.8 Å². The van der Waals surface area contributed by atoms with E-state index in [4.69, 9.17) is 5.73 Å². The Bertz CT molecular complexity index is 1080. The van der Waals surface area contributed by atoms with Crippen LogP contribution in [0, 0.1) is 5.92 Å². The van der Waals surface area contributed by atoms with Crippen molar-refractivity contribution in [3.63, 3.8) is 0 Å². The highest BCUT2D eigenvalue weighted by Crippen LogP contribution is 2.21. The number of nitrogen functional groups attached to an aromatic ring is 1. The summed E-state index contributed by atoms with van der Waals surface area (Å²) in [6.45, 7) is 4.45. The number of piperidine rings is 1. The maximum Gasteiger partial charge on any atom is 0.293 e. The number of hydrogen-bond acceptors (Lipinski definition) is 10. The van der Waals surface area contributed by atoms with Crippen molar-refractivity contribution in [3.05, 3.63) is 41.2 Å². The van der Waals surface area contributed by atoms with Gasteiger partial charge in [-0.15, -0.1) is 5.10 Å². The molecule has 0 bridgehead atoms. The van der Waals surface area contributed by atoms with E-state index in [2.05, 4.69) is 47.6 Å². The molecule has 2 aromatic heterocycles. The van der Waals surface area contributed by atoms with Crippen LogP contribution in [-0.2, 0) is 6.54 Å². The van der Waals surface area contributed by atoms with Crippen molar-refractivity contribution in [2.24, 2.45) is 11.0 Å². The Kier molecular flexibility index (Phi) is 5.89. The Labute approximate surface area is 177 Å². The number of para-hydroxylation sites is 1. The van der Waals surface area contributed by atoms with Gasteiger partial charge in [0, 0.05) is 12.1 Å². The number of benzene rings is 1. The van der Waals surface area contributed by atoms with Crippen molar-refractivity contribution in [1.29, 1.82) is 0 Å². The highest BCUT2D eigenvalue weighted by atomic mass is 16.6. The van der Waals surface area contributed by atoms with Crippen LogP contribution < -0.4 is 11.2 Å². The number of nitrogens with one attached hydrogen (secondary N) is 1. The van der Waals surface area contributed by atoms with Crippen LogP contribution in [-0.4, -0.2) is 60.5 Å². The normalized spacial score (nSPS) is 15.5. The topological polar surface area (TPSA) is 161 Å². The van der Waals surface area contributed by atoms with Gasteiger partial charge in [-0.1, -0.05) is 24.3 Å². The largest absolute Gasteiger partial charge is 0.507 e. The molecule has 1 aliphatic rings. The molecule has 1 aromatic carbocycles. The molecule has 12 nitrogen and oxygen atoms in total. The predicted molar refractivity (Wildman–Crippen MR) is 110 cm³/mol. The summed E-state index contributed by atoms with van der Waals surface area (Å²) in [6, 6.07) is 6.65. The Morgan fingerprint density at radius 2 is 2.13 bits per heavy atom. The monoisotopic (exact) mass is 425 g/mol. The van der Waals surface area contributed by atoms with Crippen LogP contribution in [0.25, 0.3) is 5.82 Å². The highest BCUT2D eigenvalue weighted by molar-refractivity contribution is 5.94. The maximum absolute atomic E-state index is 12.8. The van der Waals surface area contributed by atoms with Crippen LogP contribution in [0.1, 0.15) is 41.5 Å². The van der Waals surface area contributed by atoms with Crippen molar-refractivity contribution in [1.82, 2.24) is 35.6 Å².